The molecule has 1 rings (SSSR count). The van der Waals surface area contributed by atoms with E-state index in [1.807, 2.05) is 22.6 Å². The van der Waals surface area contributed by atoms with Crippen molar-refractivity contribution in [3.63, 3.8) is 0 Å². The van der Waals surface area contributed by atoms with Gasteiger partial charge in [-0.1, -0.05) is 34.8 Å². The topological polar surface area (TPSA) is 12.9 Å². The number of hydrogen-bond donors (Lipinski definition) is 0. The molecule has 0 bridgehead atoms. The van der Waals surface area contributed by atoms with E-state index < -0.39 is 0 Å². The molecular weight excluding hydrogens is 307 g/mol. The fourth-order valence-electron chi connectivity index (χ4n) is 0.442. The standard InChI is InChI=1S/C5HCl3IN/c6-2-1-3(7)10-5(8)4(2)9/h1H. The van der Waals surface area contributed by atoms with Gasteiger partial charge in [0.25, 0.3) is 0 Å². The van der Waals surface area contributed by atoms with Crippen molar-refractivity contribution in [2.45, 2.75) is 0 Å². The van der Waals surface area contributed by atoms with Gasteiger partial charge in [0.1, 0.15) is 10.3 Å². The molecule has 0 saturated heterocycles. The van der Waals surface area contributed by atoms with E-state index in [0.29, 0.717) is 15.3 Å². The van der Waals surface area contributed by atoms with Gasteiger partial charge in [-0.2, -0.15) is 0 Å². The second-order valence-corrected chi connectivity index (χ2v) is 3.76. The molecule has 54 valence electrons. The van der Waals surface area contributed by atoms with Crippen LogP contribution in [0.1, 0.15) is 0 Å². The predicted octanol–water partition coefficient (Wildman–Crippen LogP) is 3.65. The number of pyridine rings is 1. The fraction of sp³-hybridized carbons (Fsp3) is 0. The highest BCUT2D eigenvalue weighted by atomic mass is 127. The van der Waals surface area contributed by atoms with Gasteiger partial charge in [0, 0.05) is 0 Å². The normalized spacial score (nSPS) is 10.0. The van der Waals surface area contributed by atoms with Crippen molar-refractivity contribution in [2.75, 3.05) is 0 Å². The Balaban J connectivity index is 3.31. The summed E-state index contributed by atoms with van der Waals surface area (Å²) >= 11 is 18.9. The van der Waals surface area contributed by atoms with Gasteiger partial charge in [-0.15, -0.1) is 0 Å². The van der Waals surface area contributed by atoms with E-state index >= 15 is 0 Å². The van der Waals surface area contributed by atoms with Crippen LogP contribution in [0.25, 0.3) is 0 Å². The van der Waals surface area contributed by atoms with Crippen molar-refractivity contribution >= 4 is 57.4 Å². The Bertz CT molecular complexity index is 240. The van der Waals surface area contributed by atoms with Gasteiger partial charge in [-0.05, 0) is 28.7 Å². The summed E-state index contributed by atoms with van der Waals surface area (Å²) in [7, 11) is 0. The van der Waals surface area contributed by atoms with Gasteiger partial charge >= 0.3 is 0 Å². The Labute approximate surface area is 86.8 Å². The van der Waals surface area contributed by atoms with Crippen molar-refractivity contribution in [1.29, 1.82) is 0 Å². The molecule has 0 aliphatic rings. The van der Waals surface area contributed by atoms with Crippen molar-refractivity contribution < 1.29 is 0 Å². The van der Waals surface area contributed by atoms with Crippen molar-refractivity contribution in [2.24, 2.45) is 0 Å². The zero-order chi connectivity index (χ0) is 7.72. The summed E-state index contributed by atoms with van der Waals surface area (Å²) in [5, 5.41) is 1.19. The van der Waals surface area contributed by atoms with E-state index in [4.69, 9.17) is 34.8 Å². The number of halogens is 4. The van der Waals surface area contributed by atoms with Gasteiger partial charge in [0.05, 0.1) is 8.59 Å². The zero-order valence-corrected chi connectivity index (χ0v) is 8.96. The van der Waals surface area contributed by atoms with Gasteiger partial charge in [-0.25, -0.2) is 4.98 Å². The average Bonchev–Trinajstić information content (AvgIpc) is 1.82. The van der Waals surface area contributed by atoms with E-state index in [-0.39, 0.29) is 0 Å². The molecule has 0 fully saturated rings. The molecule has 0 aliphatic heterocycles. The molecule has 0 amide bonds. The Morgan fingerprint density at radius 3 is 2.40 bits per heavy atom. The molecule has 1 aromatic rings. The van der Waals surface area contributed by atoms with Gasteiger partial charge in [0.2, 0.25) is 0 Å². The third kappa shape index (κ3) is 1.87. The molecule has 0 unspecified atom stereocenters. The van der Waals surface area contributed by atoms with Crippen LogP contribution in [0.15, 0.2) is 6.07 Å². The highest BCUT2D eigenvalue weighted by molar-refractivity contribution is 14.1. The zero-order valence-electron chi connectivity index (χ0n) is 4.54. The Hall–Kier alpha value is 0.750. The second kappa shape index (κ2) is 3.43. The summed E-state index contributed by atoms with van der Waals surface area (Å²) in [5.74, 6) is 0. The van der Waals surface area contributed by atoms with Crippen LogP contribution in [-0.4, -0.2) is 4.98 Å². The van der Waals surface area contributed by atoms with Gasteiger partial charge in [0.15, 0.2) is 0 Å². The smallest absolute Gasteiger partial charge is 0.145 e. The molecule has 0 atom stereocenters. The first-order chi connectivity index (χ1) is 4.61. The molecule has 1 nitrogen and oxygen atoms in total. The summed E-state index contributed by atoms with van der Waals surface area (Å²) in [6.45, 7) is 0. The van der Waals surface area contributed by atoms with Gasteiger partial charge < -0.3 is 0 Å². The minimum Gasteiger partial charge on any atom is -0.223 e. The highest BCUT2D eigenvalue weighted by Gasteiger charge is 2.04. The summed E-state index contributed by atoms with van der Waals surface area (Å²) < 4.78 is 0.727. The lowest BCUT2D eigenvalue weighted by atomic mass is 10.5. The monoisotopic (exact) mass is 307 g/mol. The summed E-state index contributed by atoms with van der Waals surface area (Å²) in [6.07, 6.45) is 0. The van der Waals surface area contributed by atoms with Crippen LogP contribution in [0.5, 0.6) is 0 Å². The number of hydrogen-bond acceptors (Lipinski definition) is 1. The summed E-state index contributed by atoms with van der Waals surface area (Å²) in [5.41, 5.74) is 0. The first-order valence-corrected chi connectivity index (χ1v) is 4.49. The molecule has 1 heterocycles. The SMILES string of the molecule is Clc1cc(Cl)c(I)c(Cl)n1. The van der Waals surface area contributed by atoms with E-state index in [1.165, 1.54) is 0 Å². The van der Waals surface area contributed by atoms with Crippen LogP contribution >= 0.6 is 57.4 Å². The molecule has 0 radical (unpaired) electrons. The summed E-state index contributed by atoms with van der Waals surface area (Å²) in [6, 6.07) is 1.55. The van der Waals surface area contributed by atoms with Crippen LogP contribution in [-0.2, 0) is 0 Å². The third-order valence-corrected chi connectivity index (χ3v) is 3.34. The summed E-state index contributed by atoms with van der Waals surface area (Å²) in [4.78, 5) is 3.77. The van der Waals surface area contributed by atoms with Crippen LogP contribution in [0, 0.1) is 3.57 Å². The number of rotatable bonds is 0. The van der Waals surface area contributed by atoms with E-state index in [2.05, 4.69) is 4.98 Å². The maximum atomic E-state index is 5.70. The quantitative estimate of drug-likeness (QED) is 0.527. The van der Waals surface area contributed by atoms with Crippen molar-refractivity contribution in [3.05, 3.63) is 25.0 Å². The molecule has 0 spiro atoms. The minimum absolute atomic E-state index is 0.315. The molecule has 1 aromatic heterocycles. The van der Waals surface area contributed by atoms with Crippen molar-refractivity contribution in [1.82, 2.24) is 4.98 Å². The van der Waals surface area contributed by atoms with Gasteiger partial charge in [-0.3, -0.25) is 0 Å². The number of aromatic nitrogens is 1. The molecule has 0 saturated carbocycles. The molecule has 10 heavy (non-hydrogen) atoms. The lowest BCUT2D eigenvalue weighted by Gasteiger charge is -1.97. The Kier molecular flexibility index (Phi) is 3.03. The molecule has 0 aliphatic carbocycles. The Morgan fingerprint density at radius 1 is 1.30 bits per heavy atom. The Morgan fingerprint density at radius 2 is 1.90 bits per heavy atom. The minimum atomic E-state index is 0.315. The average molecular weight is 308 g/mol. The lowest BCUT2D eigenvalue weighted by molar-refractivity contribution is 1.31. The first kappa shape index (κ1) is 8.84. The maximum absolute atomic E-state index is 5.70. The maximum Gasteiger partial charge on any atom is 0.145 e. The molecule has 0 aromatic carbocycles. The van der Waals surface area contributed by atoms with Crippen LogP contribution in [0.4, 0.5) is 0 Å². The highest BCUT2D eigenvalue weighted by Crippen LogP contribution is 2.26. The molecule has 0 N–H and O–H groups in total. The number of nitrogens with zero attached hydrogens (tertiary/aromatic N) is 1. The third-order valence-electron chi connectivity index (χ3n) is 0.842. The largest absolute Gasteiger partial charge is 0.223 e. The van der Waals surface area contributed by atoms with Crippen LogP contribution in [0.3, 0.4) is 0 Å². The molecule has 5 heteroatoms. The first-order valence-electron chi connectivity index (χ1n) is 2.28. The fourth-order valence-corrected chi connectivity index (χ4v) is 1.44. The van der Waals surface area contributed by atoms with Crippen LogP contribution in [0.2, 0.25) is 15.3 Å². The second-order valence-electron chi connectivity index (χ2n) is 1.53. The van der Waals surface area contributed by atoms with E-state index in [0.717, 1.165) is 3.57 Å². The van der Waals surface area contributed by atoms with E-state index in [9.17, 15) is 0 Å². The molecular formula is C5HCl3IN. The van der Waals surface area contributed by atoms with Crippen molar-refractivity contribution in [3.8, 4) is 0 Å². The predicted molar refractivity (Wildman–Crippen MR) is 52.0 cm³/mol. The van der Waals surface area contributed by atoms with E-state index in [1.54, 1.807) is 6.07 Å². The van der Waals surface area contributed by atoms with Crippen LogP contribution < -0.4 is 0 Å². The lowest BCUT2D eigenvalue weighted by Crippen LogP contribution is -1.82.